The molecule has 1 aliphatic rings. The number of hydrogen-bond acceptors (Lipinski definition) is 8. The van der Waals surface area contributed by atoms with Crippen LogP contribution in [-0.4, -0.2) is 40.3 Å². The molecule has 174 valence electrons. The molecule has 1 fully saturated rings. The Morgan fingerprint density at radius 2 is 1.79 bits per heavy atom. The molecule has 10 heteroatoms. The molecule has 1 aliphatic carbocycles. The van der Waals surface area contributed by atoms with Gasteiger partial charge in [0.1, 0.15) is 12.4 Å². The Hall–Kier alpha value is -3.11. The number of rotatable bonds is 7. The van der Waals surface area contributed by atoms with Gasteiger partial charge in [-0.15, -0.1) is 0 Å². The number of nitrogens with zero attached hydrogens (tertiary/aromatic N) is 4. The van der Waals surface area contributed by atoms with Crippen molar-refractivity contribution in [1.82, 2.24) is 19.5 Å². The Balaban J connectivity index is 1.38. The molecule has 0 atom stereocenters. The lowest BCUT2D eigenvalue weighted by molar-refractivity contribution is 0.128. The second kappa shape index (κ2) is 9.80. The molecule has 1 saturated carbocycles. The molecule has 0 bridgehead atoms. The molecule has 2 aromatic heterocycles. The van der Waals surface area contributed by atoms with E-state index in [-0.39, 0.29) is 24.3 Å². The lowest BCUT2D eigenvalue weighted by Gasteiger charge is -2.29. The highest BCUT2D eigenvalue weighted by atomic mass is 32.2. The van der Waals surface area contributed by atoms with Crippen molar-refractivity contribution in [1.29, 1.82) is 0 Å². The lowest BCUT2D eigenvalue weighted by atomic mass is 9.82. The van der Waals surface area contributed by atoms with Crippen LogP contribution < -0.4 is 10.3 Å². The van der Waals surface area contributed by atoms with E-state index < -0.39 is 10.1 Å². The van der Waals surface area contributed by atoms with E-state index in [1.54, 1.807) is 19.3 Å². The van der Waals surface area contributed by atoms with Gasteiger partial charge in [-0.3, -0.25) is 13.5 Å². The van der Waals surface area contributed by atoms with E-state index in [4.69, 9.17) is 8.92 Å². The largest absolute Gasteiger partial charge is 0.461 e. The third-order valence-electron chi connectivity index (χ3n) is 5.78. The molecular formula is C23H26N4O5S. The Morgan fingerprint density at radius 1 is 1.06 bits per heavy atom. The van der Waals surface area contributed by atoms with E-state index in [0.29, 0.717) is 17.3 Å². The van der Waals surface area contributed by atoms with Crippen molar-refractivity contribution in [3.8, 4) is 17.4 Å². The highest BCUT2D eigenvalue weighted by Crippen LogP contribution is 2.34. The Kier molecular flexibility index (Phi) is 6.85. The molecule has 0 unspecified atom stereocenters. The molecule has 2 heterocycles. The maximum atomic E-state index is 12.4. The quantitative estimate of drug-likeness (QED) is 0.485. The van der Waals surface area contributed by atoms with E-state index in [1.165, 1.54) is 22.5 Å². The molecule has 0 N–H and O–H groups in total. The zero-order valence-corrected chi connectivity index (χ0v) is 19.4. The van der Waals surface area contributed by atoms with E-state index in [1.807, 2.05) is 24.3 Å². The fourth-order valence-corrected chi connectivity index (χ4v) is 4.27. The van der Waals surface area contributed by atoms with Gasteiger partial charge in [-0.1, -0.05) is 24.3 Å². The normalized spacial score (nSPS) is 18.7. The summed E-state index contributed by atoms with van der Waals surface area (Å²) in [5.74, 6) is 0.402. The molecule has 0 radical (unpaired) electrons. The third kappa shape index (κ3) is 6.02. The fourth-order valence-electron chi connectivity index (χ4n) is 3.92. The summed E-state index contributed by atoms with van der Waals surface area (Å²) in [6, 6.07) is 11.3. The number of benzene rings is 1. The van der Waals surface area contributed by atoms with Gasteiger partial charge in [-0.05, 0) is 48.8 Å². The van der Waals surface area contributed by atoms with Crippen molar-refractivity contribution < 1.29 is 17.3 Å². The minimum Gasteiger partial charge on any atom is -0.461 e. The minimum atomic E-state index is -3.46. The van der Waals surface area contributed by atoms with E-state index in [2.05, 4.69) is 15.0 Å². The standard InChI is InChI=1S/C23H26N4O5S/c1-27-22(28)13-21(20-11-12-24-15-25-20)26-23(27)32-19-9-7-18(8-10-19)17-5-3-16(4-6-17)14-31-33(2,29)30/h3-6,11-13,15,18-19H,7-10,14H2,1-2H3/t18-,19-. The highest BCUT2D eigenvalue weighted by Gasteiger charge is 2.25. The fraction of sp³-hybridized carbons (Fsp3) is 0.391. The van der Waals surface area contributed by atoms with Crippen LogP contribution in [0.5, 0.6) is 6.01 Å². The average molecular weight is 471 g/mol. The van der Waals surface area contributed by atoms with Gasteiger partial charge in [-0.25, -0.2) is 9.97 Å². The summed E-state index contributed by atoms with van der Waals surface area (Å²) in [4.78, 5) is 25.0. The van der Waals surface area contributed by atoms with Crippen LogP contribution in [0.2, 0.25) is 0 Å². The maximum absolute atomic E-state index is 12.4. The van der Waals surface area contributed by atoms with Crippen LogP contribution in [0.15, 0.2) is 53.7 Å². The zero-order valence-electron chi connectivity index (χ0n) is 18.5. The molecular weight excluding hydrogens is 444 g/mol. The molecule has 0 amide bonds. The predicted octanol–water partition coefficient (Wildman–Crippen LogP) is 2.82. The maximum Gasteiger partial charge on any atom is 0.299 e. The number of hydrogen-bond donors (Lipinski definition) is 0. The van der Waals surface area contributed by atoms with Crippen molar-refractivity contribution in [2.75, 3.05) is 6.26 Å². The Bertz CT molecular complexity index is 1250. The molecule has 9 nitrogen and oxygen atoms in total. The Labute approximate surface area is 192 Å². The SMILES string of the molecule is Cn1c(O[C@H]2CC[C@H](c3ccc(COS(C)(=O)=O)cc3)CC2)nc(-c2ccncn2)cc1=O. The number of aromatic nitrogens is 4. The van der Waals surface area contributed by atoms with Crippen LogP contribution >= 0.6 is 0 Å². The summed E-state index contributed by atoms with van der Waals surface area (Å²) in [5.41, 5.74) is 2.86. The van der Waals surface area contributed by atoms with E-state index >= 15 is 0 Å². The second-order valence-corrected chi connectivity index (χ2v) is 9.86. The van der Waals surface area contributed by atoms with Crippen molar-refractivity contribution in [3.63, 3.8) is 0 Å². The first-order valence-corrected chi connectivity index (χ1v) is 12.5. The van der Waals surface area contributed by atoms with Crippen molar-refractivity contribution in [2.45, 2.75) is 44.3 Å². The first-order valence-electron chi connectivity index (χ1n) is 10.7. The van der Waals surface area contributed by atoms with Gasteiger partial charge in [-0.2, -0.15) is 13.4 Å². The van der Waals surface area contributed by atoms with Gasteiger partial charge < -0.3 is 4.74 Å². The smallest absolute Gasteiger partial charge is 0.299 e. The summed E-state index contributed by atoms with van der Waals surface area (Å²) in [5, 5.41) is 0. The van der Waals surface area contributed by atoms with Crippen LogP contribution in [0.3, 0.4) is 0 Å². The molecule has 0 aliphatic heterocycles. The predicted molar refractivity (Wildman–Crippen MR) is 122 cm³/mol. The molecule has 4 rings (SSSR count). The third-order valence-corrected chi connectivity index (χ3v) is 6.32. The van der Waals surface area contributed by atoms with Crippen molar-refractivity contribution >= 4 is 10.1 Å². The van der Waals surface area contributed by atoms with E-state index in [9.17, 15) is 13.2 Å². The van der Waals surface area contributed by atoms with Crippen LogP contribution in [-0.2, 0) is 28.0 Å². The first-order chi connectivity index (χ1) is 15.8. The van der Waals surface area contributed by atoms with Crippen molar-refractivity contribution in [3.05, 3.63) is 70.4 Å². The lowest BCUT2D eigenvalue weighted by Crippen LogP contribution is -2.28. The van der Waals surface area contributed by atoms with Crippen molar-refractivity contribution in [2.24, 2.45) is 7.05 Å². The van der Waals surface area contributed by atoms with Crippen LogP contribution in [0, 0.1) is 0 Å². The van der Waals surface area contributed by atoms with Gasteiger partial charge in [0, 0.05) is 19.3 Å². The molecule has 0 spiro atoms. The first kappa shape index (κ1) is 23.1. The van der Waals surface area contributed by atoms with Gasteiger partial charge in [0.25, 0.3) is 21.7 Å². The van der Waals surface area contributed by atoms with Gasteiger partial charge >= 0.3 is 0 Å². The Morgan fingerprint density at radius 3 is 2.42 bits per heavy atom. The summed E-state index contributed by atoms with van der Waals surface area (Å²) >= 11 is 0. The van der Waals surface area contributed by atoms with Crippen LogP contribution in [0.1, 0.15) is 42.7 Å². The molecule has 1 aromatic carbocycles. The summed E-state index contributed by atoms with van der Waals surface area (Å²) in [6.45, 7) is 0.0412. The number of ether oxygens (including phenoxy) is 1. The van der Waals surface area contributed by atoms with Gasteiger partial charge in [0.05, 0.1) is 24.3 Å². The van der Waals surface area contributed by atoms with E-state index in [0.717, 1.165) is 37.5 Å². The molecule has 3 aromatic rings. The van der Waals surface area contributed by atoms with Gasteiger partial charge in [0.15, 0.2) is 0 Å². The summed E-state index contributed by atoms with van der Waals surface area (Å²) < 4.78 is 34.7. The second-order valence-electron chi connectivity index (χ2n) is 8.22. The minimum absolute atomic E-state index is 0.0255. The molecule has 0 saturated heterocycles. The summed E-state index contributed by atoms with van der Waals surface area (Å²) in [6.07, 6.45) is 7.63. The topological polar surface area (TPSA) is 113 Å². The zero-order chi connectivity index (χ0) is 23.4. The van der Waals surface area contributed by atoms with Crippen LogP contribution in [0.25, 0.3) is 11.4 Å². The van der Waals surface area contributed by atoms with Gasteiger partial charge in [0.2, 0.25) is 0 Å². The monoisotopic (exact) mass is 470 g/mol. The summed E-state index contributed by atoms with van der Waals surface area (Å²) in [7, 11) is -1.81. The van der Waals surface area contributed by atoms with Crippen LogP contribution in [0.4, 0.5) is 0 Å². The average Bonchev–Trinajstić information content (AvgIpc) is 2.81. The highest BCUT2D eigenvalue weighted by molar-refractivity contribution is 7.85. The molecule has 33 heavy (non-hydrogen) atoms.